The molecule has 0 fully saturated rings. The molecule has 0 spiro atoms. The summed E-state index contributed by atoms with van der Waals surface area (Å²) in [6.07, 6.45) is 0. The molecule has 22 heavy (non-hydrogen) atoms. The Morgan fingerprint density at radius 1 is 1.00 bits per heavy atom. The van der Waals surface area contributed by atoms with Crippen LogP contribution in [0.25, 0.3) is 0 Å². The van der Waals surface area contributed by atoms with Crippen LogP contribution in [0.4, 0.5) is 0 Å². The summed E-state index contributed by atoms with van der Waals surface area (Å²) >= 11 is 0. The molecule has 0 saturated carbocycles. The van der Waals surface area contributed by atoms with Gasteiger partial charge in [-0.2, -0.15) is 0 Å². The predicted octanol–water partition coefficient (Wildman–Crippen LogP) is 2.55. The number of nitrogens with zero attached hydrogens (tertiary/aromatic N) is 1. The molecule has 0 saturated heterocycles. The van der Waals surface area contributed by atoms with Crippen LogP contribution in [0.15, 0.2) is 42.5 Å². The number of hydrogen-bond donors (Lipinski definition) is 0. The molecule has 1 aromatic carbocycles. The Labute approximate surface area is 130 Å². The Bertz CT molecular complexity index is 592. The van der Waals surface area contributed by atoms with E-state index in [0.717, 1.165) is 11.3 Å². The van der Waals surface area contributed by atoms with Crippen LogP contribution in [0.5, 0.6) is 0 Å². The van der Waals surface area contributed by atoms with Crippen LogP contribution < -0.4 is 0 Å². The number of esters is 1. The summed E-state index contributed by atoms with van der Waals surface area (Å²) in [7, 11) is 3.19. The number of carbonyl (C=O) groups is 1. The van der Waals surface area contributed by atoms with Gasteiger partial charge in [0.25, 0.3) is 0 Å². The highest BCUT2D eigenvalue weighted by molar-refractivity contribution is 5.87. The summed E-state index contributed by atoms with van der Waals surface area (Å²) in [5.41, 5.74) is 2.58. The number of benzene rings is 1. The van der Waals surface area contributed by atoms with E-state index in [2.05, 4.69) is 0 Å². The zero-order valence-corrected chi connectivity index (χ0v) is 13.0. The standard InChI is InChI=1S/C17H21NO4/c1-18-15(8-9-16(18)17(19)20-2)13-22-11-10-21-12-14-6-4-3-5-7-14/h3-9H,10-13H2,1-2H3. The number of carbonyl (C=O) groups excluding carboxylic acids is 1. The lowest BCUT2D eigenvalue weighted by atomic mass is 10.2. The first-order valence-electron chi connectivity index (χ1n) is 7.14. The number of hydrogen-bond acceptors (Lipinski definition) is 4. The molecule has 5 heteroatoms. The average Bonchev–Trinajstić information content (AvgIpc) is 2.92. The van der Waals surface area contributed by atoms with Gasteiger partial charge in [-0.15, -0.1) is 0 Å². The normalized spacial score (nSPS) is 10.6. The van der Waals surface area contributed by atoms with E-state index in [-0.39, 0.29) is 5.97 Å². The van der Waals surface area contributed by atoms with Crippen molar-refractivity contribution in [1.82, 2.24) is 4.57 Å². The van der Waals surface area contributed by atoms with Gasteiger partial charge in [0.1, 0.15) is 5.69 Å². The molecule has 0 radical (unpaired) electrons. The highest BCUT2D eigenvalue weighted by Gasteiger charge is 2.12. The van der Waals surface area contributed by atoms with Gasteiger partial charge in [0.05, 0.1) is 33.5 Å². The van der Waals surface area contributed by atoms with Gasteiger partial charge >= 0.3 is 5.97 Å². The van der Waals surface area contributed by atoms with Crippen LogP contribution >= 0.6 is 0 Å². The van der Waals surface area contributed by atoms with Crippen molar-refractivity contribution in [3.8, 4) is 0 Å². The molecule has 5 nitrogen and oxygen atoms in total. The molecule has 0 unspecified atom stereocenters. The fraction of sp³-hybridized carbons (Fsp3) is 0.353. The van der Waals surface area contributed by atoms with Crippen LogP contribution in [0.1, 0.15) is 21.7 Å². The van der Waals surface area contributed by atoms with Crippen molar-refractivity contribution >= 4 is 5.97 Å². The summed E-state index contributed by atoms with van der Waals surface area (Å²) in [6.45, 7) is 2.05. The van der Waals surface area contributed by atoms with Gasteiger partial charge in [-0.05, 0) is 17.7 Å². The maximum Gasteiger partial charge on any atom is 0.354 e. The van der Waals surface area contributed by atoms with E-state index < -0.39 is 0 Å². The van der Waals surface area contributed by atoms with Gasteiger partial charge in [-0.3, -0.25) is 0 Å². The second kappa shape index (κ2) is 8.36. The first-order chi connectivity index (χ1) is 10.7. The molecule has 0 amide bonds. The van der Waals surface area contributed by atoms with Crippen LogP contribution in [0.2, 0.25) is 0 Å². The lowest BCUT2D eigenvalue weighted by Crippen LogP contribution is -2.11. The molecular weight excluding hydrogens is 282 g/mol. The molecular formula is C17H21NO4. The van der Waals surface area contributed by atoms with Crippen molar-refractivity contribution in [3.63, 3.8) is 0 Å². The molecule has 0 atom stereocenters. The fourth-order valence-corrected chi connectivity index (χ4v) is 2.07. The molecule has 2 aromatic rings. The largest absolute Gasteiger partial charge is 0.464 e. The quantitative estimate of drug-likeness (QED) is 0.555. The highest BCUT2D eigenvalue weighted by atomic mass is 16.5. The van der Waals surface area contributed by atoms with E-state index in [4.69, 9.17) is 14.2 Å². The minimum absolute atomic E-state index is 0.347. The summed E-state index contributed by atoms with van der Waals surface area (Å²) in [4.78, 5) is 11.5. The van der Waals surface area contributed by atoms with E-state index in [1.54, 1.807) is 10.6 Å². The van der Waals surface area contributed by atoms with E-state index >= 15 is 0 Å². The molecule has 1 aromatic heterocycles. The molecule has 0 aliphatic rings. The first kappa shape index (κ1) is 16.3. The lowest BCUT2D eigenvalue weighted by molar-refractivity contribution is 0.0320. The van der Waals surface area contributed by atoms with Gasteiger partial charge < -0.3 is 18.8 Å². The minimum atomic E-state index is -0.347. The van der Waals surface area contributed by atoms with Gasteiger partial charge in [0, 0.05) is 12.7 Å². The van der Waals surface area contributed by atoms with Crippen molar-refractivity contribution < 1.29 is 19.0 Å². The Hall–Kier alpha value is -2.11. The van der Waals surface area contributed by atoms with E-state index in [1.165, 1.54) is 7.11 Å². The van der Waals surface area contributed by atoms with Crippen LogP contribution in [-0.4, -0.2) is 30.9 Å². The van der Waals surface area contributed by atoms with Gasteiger partial charge in [0.15, 0.2) is 0 Å². The Kier molecular flexibility index (Phi) is 6.18. The van der Waals surface area contributed by atoms with E-state index in [0.29, 0.717) is 32.1 Å². The summed E-state index contributed by atoms with van der Waals surface area (Å²) in [6, 6.07) is 13.6. The third kappa shape index (κ3) is 4.44. The zero-order chi connectivity index (χ0) is 15.8. The molecule has 0 bridgehead atoms. The Balaban J connectivity index is 1.67. The van der Waals surface area contributed by atoms with Crippen LogP contribution in [0, 0.1) is 0 Å². The second-order valence-electron chi connectivity index (χ2n) is 4.85. The van der Waals surface area contributed by atoms with Gasteiger partial charge in [-0.1, -0.05) is 30.3 Å². The SMILES string of the molecule is COC(=O)c1ccc(COCCOCc2ccccc2)n1C. The summed E-state index contributed by atoms with van der Waals surface area (Å²) in [5.74, 6) is -0.347. The van der Waals surface area contributed by atoms with Gasteiger partial charge in [-0.25, -0.2) is 4.79 Å². The fourth-order valence-electron chi connectivity index (χ4n) is 2.07. The zero-order valence-electron chi connectivity index (χ0n) is 13.0. The second-order valence-corrected chi connectivity index (χ2v) is 4.85. The number of methoxy groups -OCH3 is 1. The van der Waals surface area contributed by atoms with Crippen molar-refractivity contribution in [2.24, 2.45) is 7.05 Å². The molecule has 118 valence electrons. The van der Waals surface area contributed by atoms with Crippen LogP contribution in [0.3, 0.4) is 0 Å². The Morgan fingerprint density at radius 2 is 1.68 bits per heavy atom. The molecule has 0 N–H and O–H groups in total. The van der Waals surface area contributed by atoms with E-state index in [9.17, 15) is 4.79 Å². The number of ether oxygens (including phenoxy) is 3. The Morgan fingerprint density at radius 3 is 2.36 bits per heavy atom. The van der Waals surface area contributed by atoms with Crippen molar-refractivity contribution in [1.29, 1.82) is 0 Å². The predicted molar refractivity (Wildman–Crippen MR) is 82.5 cm³/mol. The lowest BCUT2D eigenvalue weighted by Gasteiger charge is -2.08. The minimum Gasteiger partial charge on any atom is -0.464 e. The van der Waals surface area contributed by atoms with Gasteiger partial charge in [0.2, 0.25) is 0 Å². The van der Waals surface area contributed by atoms with Crippen molar-refractivity contribution in [2.75, 3.05) is 20.3 Å². The molecule has 2 rings (SSSR count). The van der Waals surface area contributed by atoms with Crippen molar-refractivity contribution in [3.05, 3.63) is 59.4 Å². The summed E-state index contributed by atoms with van der Waals surface area (Å²) in [5, 5.41) is 0. The smallest absolute Gasteiger partial charge is 0.354 e. The number of rotatable bonds is 8. The topological polar surface area (TPSA) is 49.7 Å². The monoisotopic (exact) mass is 303 g/mol. The van der Waals surface area contributed by atoms with Crippen molar-refractivity contribution in [2.45, 2.75) is 13.2 Å². The first-order valence-corrected chi connectivity index (χ1v) is 7.14. The molecule has 1 heterocycles. The third-order valence-electron chi connectivity index (χ3n) is 3.35. The maximum absolute atomic E-state index is 11.5. The number of aromatic nitrogens is 1. The van der Waals surface area contributed by atoms with Crippen LogP contribution in [-0.2, 0) is 34.5 Å². The molecule has 0 aliphatic heterocycles. The molecule has 0 aliphatic carbocycles. The third-order valence-corrected chi connectivity index (χ3v) is 3.35. The maximum atomic E-state index is 11.5. The summed E-state index contributed by atoms with van der Waals surface area (Å²) < 4.78 is 17.6. The average molecular weight is 303 g/mol. The highest BCUT2D eigenvalue weighted by Crippen LogP contribution is 2.09. The van der Waals surface area contributed by atoms with E-state index in [1.807, 2.05) is 43.4 Å².